The Labute approximate surface area is 173 Å². The van der Waals surface area contributed by atoms with Gasteiger partial charge < -0.3 is 19.9 Å². The zero-order valence-corrected chi connectivity index (χ0v) is 16.5. The van der Waals surface area contributed by atoms with Crippen molar-refractivity contribution in [1.82, 2.24) is 24.9 Å². The van der Waals surface area contributed by atoms with Gasteiger partial charge in [-0.3, -0.25) is 4.99 Å². The highest BCUT2D eigenvalue weighted by Crippen LogP contribution is 2.23. The summed E-state index contributed by atoms with van der Waals surface area (Å²) in [6, 6.07) is 5.95. The molecule has 0 unspecified atom stereocenters. The van der Waals surface area contributed by atoms with Crippen LogP contribution in [0.1, 0.15) is 6.42 Å². The minimum absolute atomic E-state index is 0.524. The number of aromatic amines is 1. The van der Waals surface area contributed by atoms with Crippen molar-refractivity contribution < 1.29 is 4.74 Å². The SMILES string of the molecule is C1=CN=C(CNc2nc(-c3ccc4nc[nH]c4c3)nc(N3CCOCC3)n2)C=CC1. The van der Waals surface area contributed by atoms with Gasteiger partial charge in [0.2, 0.25) is 11.9 Å². The molecule has 0 aliphatic carbocycles. The molecule has 2 aliphatic rings. The number of aliphatic imine (C=N–C) groups is 1. The molecule has 3 aromatic rings. The smallest absolute Gasteiger partial charge is 0.230 e. The van der Waals surface area contributed by atoms with Gasteiger partial charge in [-0.1, -0.05) is 12.2 Å². The van der Waals surface area contributed by atoms with E-state index in [1.165, 1.54) is 0 Å². The molecule has 0 spiro atoms. The number of hydrogen-bond donors (Lipinski definition) is 2. The Bertz CT molecular complexity index is 1130. The summed E-state index contributed by atoms with van der Waals surface area (Å²) in [5.41, 5.74) is 3.68. The van der Waals surface area contributed by atoms with Crippen LogP contribution in [0.2, 0.25) is 0 Å². The molecule has 2 aromatic heterocycles. The maximum Gasteiger partial charge on any atom is 0.230 e. The van der Waals surface area contributed by atoms with Crippen LogP contribution in [0.4, 0.5) is 11.9 Å². The maximum absolute atomic E-state index is 5.47. The molecule has 1 aromatic carbocycles. The summed E-state index contributed by atoms with van der Waals surface area (Å²) < 4.78 is 5.47. The van der Waals surface area contributed by atoms with E-state index in [2.05, 4.69) is 41.2 Å². The van der Waals surface area contributed by atoms with Crippen molar-refractivity contribution in [2.75, 3.05) is 43.1 Å². The molecule has 5 rings (SSSR count). The zero-order valence-electron chi connectivity index (χ0n) is 16.5. The van der Waals surface area contributed by atoms with Crippen LogP contribution in [-0.2, 0) is 4.74 Å². The number of aromatic nitrogens is 5. The van der Waals surface area contributed by atoms with E-state index in [4.69, 9.17) is 9.72 Å². The first-order chi connectivity index (χ1) is 14.8. The third kappa shape index (κ3) is 4.06. The number of benzene rings is 1. The predicted octanol–water partition coefficient (Wildman–Crippen LogP) is 2.58. The van der Waals surface area contributed by atoms with E-state index < -0.39 is 0 Å². The van der Waals surface area contributed by atoms with Crippen LogP contribution < -0.4 is 10.2 Å². The number of anilines is 2. The number of nitrogens with one attached hydrogen (secondary N) is 2. The summed E-state index contributed by atoms with van der Waals surface area (Å²) in [7, 11) is 0. The lowest BCUT2D eigenvalue weighted by Gasteiger charge is -2.27. The number of H-pyrrole nitrogens is 1. The van der Waals surface area contributed by atoms with E-state index in [-0.39, 0.29) is 0 Å². The Hall–Kier alpha value is -3.59. The fourth-order valence-corrected chi connectivity index (χ4v) is 3.36. The van der Waals surface area contributed by atoms with Gasteiger partial charge in [0.15, 0.2) is 5.82 Å². The highest BCUT2D eigenvalue weighted by molar-refractivity contribution is 5.98. The molecule has 1 saturated heterocycles. The van der Waals surface area contributed by atoms with Crippen LogP contribution in [0.5, 0.6) is 0 Å². The van der Waals surface area contributed by atoms with Crippen molar-refractivity contribution in [3.05, 3.63) is 49.0 Å². The first-order valence-electron chi connectivity index (χ1n) is 9.99. The van der Waals surface area contributed by atoms with Crippen LogP contribution in [0.25, 0.3) is 22.4 Å². The number of morpholine rings is 1. The van der Waals surface area contributed by atoms with E-state index in [1.807, 2.05) is 36.6 Å². The number of hydrogen-bond acceptors (Lipinski definition) is 8. The highest BCUT2D eigenvalue weighted by atomic mass is 16.5. The fraction of sp³-hybridized carbons (Fsp3) is 0.286. The summed E-state index contributed by atoms with van der Waals surface area (Å²) in [5, 5.41) is 3.31. The first kappa shape index (κ1) is 18.4. The molecule has 2 aliphatic heterocycles. The minimum atomic E-state index is 0.524. The summed E-state index contributed by atoms with van der Waals surface area (Å²) in [5.74, 6) is 1.79. The molecule has 2 N–H and O–H groups in total. The van der Waals surface area contributed by atoms with E-state index >= 15 is 0 Å². The molecule has 9 heteroatoms. The molecule has 0 radical (unpaired) electrons. The standard InChI is InChI=1S/C21H22N8O/c1-2-4-16(22-7-3-1)13-23-20-26-19(15-5-6-17-18(12-15)25-14-24-17)27-21(28-20)29-8-10-30-11-9-29/h2-7,12,14H,1,8-11,13H2,(H,24,25)(H,23,26,27,28). The monoisotopic (exact) mass is 402 g/mol. The third-order valence-corrected chi connectivity index (χ3v) is 4.95. The lowest BCUT2D eigenvalue weighted by Crippen LogP contribution is -2.37. The molecule has 0 amide bonds. The number of fused-ring (bicyclic) bond motifs is 1. The molecule has 30 heavy (non-hydrogen) atoms. The van der Waals surface area contributed by atoms with Crippen LogP contribution in [0, 0.1) is 0 Å². The molecular weight excluding hydrogens is 380 g/mol. The van der Waals surface area contributed by atoms with Gasteiger partial charge in [0.25, 0.3) is 0 Å². The van der Waals surface area contributed by atoms with E-state index in [0.717, 1.165) is 41.8 Å². The maximum atomic E-state index is 5.47. The van der Waals surface area contributed by atoms with Crippen molar-refractivity contribution in [2.24, 2.45) is 4.99 Å². The Kier molecular flexibility index (Phi) is 5.17. The average Bonchev–Trinajstić information content (AvgIpc) is 3.12. The Balaban J connectivity index is 1.47. The second-order valence-corrected chi connectivity index (χ2v) is 7.01. The van der Waals surface area contributed by atoms with Gasteiger partial charge in [0, 0.05) is 24.9 Å². The predicted molar refractivity (Wildman–Crippen MR) is 117 cm³/mol. The van der Waals surface area contributed by atoms with Gasteiger partial charge in [-0.25, -0.2) is 4.98 Å². The molecular formula is C21H22N8O. The summed E-state index contributed by atoms with van der Waals surface area (Å²) in [6.07, 6.45) is 10.5. The second kappa shape index (κ2) is 8.42. The topological polar surface area (TPSA) is 104 Å². The minimum Gasteiger partial charge on any atom is -0.378 e. The lowest BCUT2D eigenvalue weighted by molar-refractivity contribution is 0.122. The van der Waals surface area contributed by atoms with Gasteiger partial charge >= 0.3 is 0 Å². The average molecular weight is 402 g/mol. The van der Waals surface area contributed by atoms with E-state index in [1.54, 1.807) is 6.33 Å². The van der Waals surface area contributed by atoms with Gasteiger partial charge in [0.05, 0.1) is 42.8 Å². The van der Waals surface area contributed by atoms with Gasteiger partial charge in [-0.05, 0) is 30.7 Å². The number of nitrogens with zero attached hydrogens (tertiary/aromatic N) is 6. The molecule has 0 atom stereocenters. The van der Waals surface area contributed by atoms with Crippen molar-refractivity contribution in [3.63, 3.8) is 0 Å². The summed E-state index contributed by atoms with van der Waals surface area (Å²) in [6.45, 7) is 3.37. The normalized spacial score (nSPS) is 16.5. The molecule has 0 saturated carbocycles. The van der Waals surface area contributed by atoms with Crippen molar-refractivity contribution >= 4 is 28.6 Å². The van der Waals surface area contributed by atoms with Gasteiger partial charge in [-0.15, -0.1) is 0 Å². The summed E-state index contributed by atoms with van der Waals surface area (Å²) in [4.78, 5) is 28.1. The van der Waals surface area contributed by atoms with Crippen LogP contribution in [-0.4, -0.2) is 63.5 Å². The first-order valence-corrected chi connectivity index (χ1v) is 9.99. The van der Waals surface area contributed by atoms with Crippen molar-refractivity contribution in [2.45, 2.75) is 6.42 Å². The molecule has 0 bridgehead atoms. The van der Waals surface area contributed by atoms with Gasteiger partial charge in [0.1, 0.15) is 0 Å². The third-order valence-electron chi connectivity index (χ3n) is 4.95. The number of rotatable bonds is 5. The van der Waals surface area contributed by atoms with E-state index in [0.29, 0.717) is 37.5 Å². The largest absolute Gasteiger partial charge is 0.378 e. The molecule has 1 fully saturated rings. The highest BCUT2D eigenvalue weighted by Gasteiger charge is 2.17. The molecule has 9 nitrogen and oxygen atoms in total. The summed E-state index contributed by atoms with van der Waals surface area (Å²) >= 11 is 0. The number of imidazole rings is 1. The number of ether oxygens (including phenoxy) is 1. The van der Waals surface area contributed by atoms with Crippen molar-refractivity contribution in [3.8, 4) is 11.4 Å². The molecule has 152 valence electrons. The van der Waals surface area contributed by atoms with Crippen LogP contribution in [0.3, 0.4) is 0 Å². The van der Waals surface area contributed by atoms with Crippen LogP contribution in [0.15, 0.2) is 53.9 Å². The van der Waals surface area contributed by atoms with Crippen LogP contribution >= 0.6 is 0 Å². The van der Waals surface area contributed by atoms with E-state index in [9.17, 15) is 0 Å². The Morgan fingerprint density at radius 2 is 2.03 bits per heavy atom. The Morgan fingerprint density at radius 1 is 1.10 bits per heavy atom. The quantitative estimate of drug-likeness (QED) is 0.676. The Morgan fingerprint density at radius 3 is 2.97 bits per heavy atom. The second-order valence-electron chi connectivity index (χ2n) is 7.01. The van der Waals surface area contributed by atoms with Gasteiger partial charge in [-0.2, -0.15) is 15.0 Å². The molecule has 4 heterocycles. The fourth-order valence-electron chi connectivity index (χ4n) is 3.36. The van der Waals surface area contributed by atoms with Crippen molar-refractivity contribution in [1.29, 1.82) is 0 Å². The zero-order chi connectivity index (χ0) is 20.2. The lowest BCUT2D eigenvalue weighted by atomic mass is 10.2. The number of allylic oxidation sites excluding steroid dienone is 2.